The van der Waals surface area contributed by atoms with Gasteiger partial charge >= 0.3 is 0 Å². The van der Waals surface area contributed by atoms with E-state index in [9.17, 15) is 14.9 Å². The van der Waals surface area contributed by atoms with Gasteiger partial charge in [0.05, 0.1) is 22.4 Å². The number of aromatic nitrogens is 2. The third-order valence-electron chi connectivity index (χ3n) is 2.16. The molecule has 7 nitrogen and oxygen atoms in total. The van der Waals surface area contributed by atoms with Crippen LogP contribution < -0.4 is 5.32 Å². The van der Waals surface area contributed by atoms with E-state index in [4.69, 9.17) is 0 Å². The van der Waals surface area contributed by atoms with E-state index >= 15 is 0 Å². The van der Waals surface area contributed by atoms with E-state index < -0.39 is 10.8 Å². The highest BCUT2D eigenvalue weighted by Crippen LogP contribution is 2.23. The standard InChI is InChI=1S/C10H7BrN4O3/c11-9-2-1-7(15(17)18)3-8(9)10(16)14-6-4-12-13-5-6/h1-5H,(H,12,13)(H,14,16). The number of carbonyl (C=O) groups excluding carboxylic acids is 1. The molecule has 0 aliphatic heterocycles. The molecule has 0 bridgehead atoms. The summed E-state index contributed by atoms with van der Waals surface area (Å²) >= 11 is 3.18. The van der Waals surface area contributed by atoms with Crippen molar-refractivity contribution in [1.82, 2.24) is 10.2 Å². The Kier molecular flexibility index (Phi) is 3.38. The lowest BCUT2D eigenvalue weighted by atomic mass is 10.2. The quantitative estimate of drug-likeness (QED) is 0.671. The van der Waals surface area contributed by atoms with Crippen LogP contribution in [0.5, 0.6) is 0 Å². The number of nitro groups is 1. The van der Waals surface area contributed by atoms with Crippen LogP contribution >= 0.6 is 15.9 Å². The van der Waals surface area contributed by atoms with Crippen molar-refractivity contribution in [1.29, 1.82) is 0 Å². The Morgan fingerprint density at radius 3 is 2.89 bits per heavy atom. The van der Waals surface area contributed by atoms with Gasteiger partial charge in [-0.2, -0.15) is 5.10 Å². The summed E-state index contributed by atoms with van der Waals surface area (Å²) in [6.07, 6.45) is 2.94. The predicted octanol–water partition coefficient (Wildman–Crippen LogP) is 2.33. The molecule has 0 unspecified atom stereocenters. The van der Waals surface area contributed by atoms with Gasteiger partial charge in [-0.3, -0.25) is 20.0 Å². The number of aromatic amines is 1. The number of rotatable bonds is 3. The van der Waals surface area contributed by atoms with Crippen molar-refractivity contribution in [2.75, 3.05) is 5.32 Å². The Hall–Kier alpha value is -2.22. The summed E-state index contributed by atoms with van der Waals surface area (Å²) in [5, 5.41) is 19.4. The van der Waals surface area contributed by atoms with Gasteiger partial charge in [0.1, 0.15) is 0 Å². The van der Waals surface area contributed by atoms with Crippen LogP contribution in [0.25, 0.3) is 0 Å². The van der Waals surface area contributed by atoms with E-state index in [0.29, 0.717) is 10.2 Å². The van der Waals surface area contributed by atoms with E-state index in [-0.39, 0.29) is 11.3 Å². The van der Waals surface area contributed by atoms with Crippen molar-refractivity contribution in [3.63, 3.8) is 0 Å². The maximum atomic E-state index is 11.9. The lowest BCUT2D eigenvalue weighted by molar-refractivity contribution is -0.384. The number of benzene rings is 1. The van der Waals surface area contributed by atoms with E-state index in [2.05, 4.69) is 31.4 Å². The molecule has 18 heavy (non-hydrogen) atoms. The van der Waals surface area contributed by atoms with Crippen LogP contribution in [0.4, 0.5) is 11.4 Å². The number of anilines is 1. The van der Waals surface area contributed by atoms with Gasteiger partial charge in [0.2, 0.25) is 0 Å². The summed E-state index contributed by atoms with van der Waals surface area (Å²) < 4.78 is 0.481. The molecule has 92 valence electrons. The third kappa shape index (κ3) is 2.54. The zero-order valence-electron chi connectivity index (χ0n) is 8.88. The first-order valence-corrected chi connectivity index (χ1v) is 5.61. The lowest BCUT2D eigenvalue weighted by Gasteiger charge is -2.04. The minimum absolute atomic E-state index is 0.143. The minimum atomic E-state index is -0.554. The van der Waals surface area contributed by atoms with Gasteiger partial charge in [-0.05, 0) is 22.0 Å². The monoisotopic (exact) mass is 310 g/mol. The van der Waals surface area contributed by atoms with Crippen LogP contribution in [0.3, 0.4) is 0 Å². The molecule has 2 N–H and O–H groups in total. The Morgan fingerprint density at radius 1 is 1.50 bits per heavy atom. The SMILES string of the molecule is O=C(Nc1cn[nH]c1)c1cc([N+](=O)[O-])ccc1Br. The second-order valence-corrected chi connectivity index (χ2v) is 4.22. The van der Waals surface area contributed by atoms with Crippen LogP contribution in [0, 0.1) is 10.1 Å². The third-order valence-corrected chi connectivity index (χ3v) is 2.85. The van der Waals surface area contributed by atoms with Gasteiger partial charge in [-0.25, -0.2) is 0 Å². The molecule has 0 saturated heterocycles. The highest BCUT2D eigenvalue weighted by atomic mass is 79.9. The number of H-pyrrole nitrogens is 1. The number of nitro benzene ring substituents is 1. The first-order chi connectivity index (χ1) is 8.58. The van der Waals surface area contributed by atoms with E-state index in [1.165, 1.54) is 30.6 Å². The molecule has 2 rings (SSSR count). The fourth-order valence-electron chi connectivity index (χ4n) is 1.32. The summed E-state index contributed by atoms with van der Waals surface area (Å²) in [5.41, 5.74) is 0.527. The topological polar surface area (TPSA) is 101 Å². The average molecular weight is 311 g/mol. The molecule has 0 aliphatic carbocycles. The van der Waals surface area contributed by atoms with Crippen molar-refractivity contribution in [3.05, 3.63) is 50.7 Å². The van der Waals surface area contributed by atoms with Gasteiger partial charge in [0.25, 0.3) is 11.6 Å². The molecule has 0 atom stereocenters. The van der Waals surface area contributed by atoms with Crippen molar-refractivity contribution < 1.29 is 9.72 Å². The zero-order chi connectivity index (χ0) is 13.1. The molecule has 1 aromatic carbocycles. The van der Waals surface area contributed by atoms with Crippen molar-refractivity contribution >= 4 is 33.2 Å². The zero-order valence-corrected chi connectivity index (χ0v) is 10.5. The molecule has 0 saturated carbocycles. The smallest absolute Gasteiger partial charge is 0.270 e. The number of amides is 1. The normalized spacial score (nSPS) is 10.1. The minimum Gasteiger partial charge on any atom is -0.319 e. The molecule has 8 heteroatoms. The van der Waals surface area contributed by atoms with Gasteiger partial charge in [0, 0.05) is 22.8 Å². The Bertz CT molecular complexity index is 597. The maximum absolute atomic E-state index is 11.9. The number of hydrogen-bond donors (Lipinski definition) is 2. The highest BCUT2D eigenvalue weighted by molar-refractivity contribution is 9.10. The Morgan fingerprint density at radius 2 is 2.28 bits per heavy atom. The number of hydrogen-bond acceptors (Lipinski definition) is 4. The number of carbonyl (C=O) groups is 1. The summed E-state index contributed by atoms with van der Waals surface area (Å²) in [6.45, 7) is 0. The van der Waals surface area contributed by atoms with E-state index in [1.54, 1.807) is 0 Å². The van der Waals surface area contributed by atoms with E-state index in [0.717, 1.165) is 0 Å². The Balaban J connectivity index is 2.29. The molecule has 1 aromatic heterocycles. The Labute approximate surface area is 109 Å². The summed E-state index contributed by atoms with van der Waals surface area (Å²) in [6, 6.07) is 3.99. The van der Waals surface area contributed by atoms with Crippen LogP contribution in [-0.2, 0) is 0 Å². The molecule has 0 fully saturated rings. The number of nitrogens with zero attached hydrogens (tertiary/aromatic N) is 2. The van der Waals surface area contributed by atoms with Crippen LogP contribution in [0.1, 0.15) is 10.4 Å². The summed E-state index contributed by atoms with van der Waals surface area (Å²) in [5.74, 6) is -0.452. The fraction of sp³-hybridized carbons (Fsp3) is 0. The van der Waals surface area contributed by atoms with Gasteiger partial charge in [-0.15, -0.1) is 0 Å². The first-order valence-electron chi connectivity index (χ1n) is 4.82. The van der Waals surface area contributed by atoms with Crippen molar-refractivity contribution in [2.24, 2.45) is 0 Å². The number of non-ortho nitro benzene ring substituents is 1. The second kappa shape index (κ2) is 4.96. The maximum Gasteiger partial charge on any atom is 0.270 e. The molecule has 0 spiro atoms. The van der Waals surface area contributed by atoms with Crippen LogP contribution in [-0.4, -0.2) is 21.0 Å². The van der Waals surface area contributed by atoms with Gasteiger partial charge in [-0.1, -0.05) is 0 Å². The summed E-state index contributed by atoms with van der Waals surface area (Å²) in [7, 11) is 0. The molecule has 1 amide bonds. The van der Waals surface area contributed by atoms with Crippen LogP contribution in [0.2, 0.25) is 0 Å². The summed E-state index contributed by atoms with van der Waals surface area (Å²) in [4.78, 5) is 22.0. The number of halogens is 1. The van der Waals surface area contributed by atoms with Crippen molar-refractivity contribution in [2.45, 2.75) is 0 Å². The highest BCUT2D eigenvalue weighted by Gasteiger charge is 2.15. The fourth-order valence-corrected chi connectivity index (χ4v) is 1.75. The largest absolute Gasteiger partial charge is 0.319 e. The van der Waals surface area contributed by atoms with Gasteiger partial charge in [0.15, 0.2) is 0 Å². The number of nitrogens with one attached hydrogen (secondary N) is 2. The molecular formula is C10H7BrN4O3. The van der Waals surface area contributed by atoms with Crippen molar-refractivity contribution in [3.8, 4) is 0 Å². The van der Waals surface area contributed by atoms with Gasteiger partial charge < -0.3 is 5.32 Å². The molecule has 1 heterocycles. The molecular weight excluding hydrogens is 304 g/mol. The second-order valence-electron chi connectivity index (χ2n) is 3.36. The predicted molar refractivity (Wildman–Crippen MR) is 67.3 cm³/mol. The molecule has 0 aliphatic rings. The lowest BCUT2D eigenvalue weighted by Crippen LogP contribution is -2.12. The first kappa shape index (κ1) is 12.2. The van der Waals surface area contributed by atoms with Crippen LogP contribution in [0.15, 0.2) is 35.1 Å². The molecule has 2 aromatic rings. The average Bonchev–Trinajstić information content (AvgIpc) is 2.81. The van der Waals surface area contributed by atoms with E-state index in [1.807, 2.05) is 0 Å². The molecule has 0 radical (unpaired) electrons.